The lowest BCUT2D eigenvalue weighted by molar-refractivity contribution is -0.118. The van der Waals surface area contributed by atoms with E-state index in [1.165, 1.54) is 6.92 Å². The van der Waals surface area contributed by atoms with Crippen LogP contribution in [0.15, 0.2) is 5.10 Å². The van der Waals surface area contributed by atoms with E-state index in [9.17, 15) is 4.79 Å². The van der Waals surface area contributed by atoms with Gasteiger partial charge in [-0.1, -0.05) is 13.8 Å². The van der Waals surface area contributed by atoms with Gasteiger partial charge < -0.3 is 0 Å². The minimum absolute atomic E-state index is 0.125. The minimum Gasteiger partial charge on any atom is -0.274 e. The average molecular weight is 142 g/mol. The summed E-state index contributed by atoms with van der Waals surface area (Å²) in [6.45, 7) is 7.39. The molecule has 58 valence electrons. The standard InChI is InChI=1S/C7H14N2O/c1-5(2)6(3)8-9-7(4)10/h5H,1-4H3,(H,9,10)/b8-6-. The Bertz CT molecular complexity index is 150. The fourth-order valence-corrected chi connectivity index (χ4v) is 0.296. The molecule has 0 aromatic rings. The molecular formula is C7H14N2O. The van der Waals surface area contributed by atoms with E-state index in [-0.39, 0.29) is 5.91 Å². The lowest BCUT2D eigenvalue weighted by Gasteiger charge is -2.02. The quantitative estimate of drug-likeness (QED) is 0.456. The van der Waals surface area contributed by atoms with Crippen molar-refractivity contribution in [3.63, 3.8) is 0 Å². The zero-order valence-electron chi connectivity index (χ0n) is 6.93. The molecule has 0 fully saturated rings. The van der Waals surface area contributed by atoms with E-state index in [1.807, 2.05) is 20.8 Å². The summed E-state index contributed by atoms with van der Waals surface area (Å²) < 4.78 is 0. The number of amides is 1. The van der Waals surface area contributed by atoms with Gasteiger partial charge in [-0.15, -0.1) is 0 Å². The van der Waals surface area contributed by atoms with Crippen LogP contribution in [-0.4, -0.2) is 11.6 Å². The second kappa shape index (κ2) is 4.04. The van der Waals surface area contributed by atoms with Crippen molar-refractivity contribution in [1.29, 1.82) is 0 Å². The Labute approximate surface area is 61.5 Å². The molecule has 3 heteroatoms. The first-order valence-electron chi connectivity index (χ1n) is 3.34. The van der Waals surface area contributed by atoms with Gasteiger partial charge in [-0.05, 0) is 12.8 Å². The summed E-state index contributed by atoms with van der Waals surface area (Å²) in [4.78, 5) is 10.4. The molecule has 10 heavy (non-hydrogen) atoms. The van der Waals surface area contributed by atoms with Crippen LogP contribution in [0.3, 0.4) is 0 Å². The lowest BCUT2D eigenvalue weighted by atomic mass is 10.1. The fraction of sp³-hybridized carbons (Fsp3) is 0.714. The van der Waals surface area contributed by atoms with Crippen LogP contribution < -0.4 is 5.43 Å². The van der Waals surface area contributed by atoms with Crippen molar-refractivity contribution < 1.29 is 4.79 Å². The molecule has 0 atom stereocenters. The minimum atomic E-state index is -0.125. The Kier molecular flexibility index (Phi) is 3.69. The molecule has 0 saturated carbocycles. The van der Waals surface area contributed by atoms with Crippen molar-refractivity contribution in [3.8, 4) is 0 Å². The highest BCUT2D eigenvalue weighted by Crippen LogP contribution is 1.93. The summed E-state index contributed by atoms with van der Waals surface area (Å²) in [7, 11) is 0. The van der Waals surface area contributed by atoms with E-state index in [1.54, 1.807) is 0 Å². The molecule has 0 saturated heterocycles. The predicted molar refractivity (Wildman–Crippen MR) is 41.8 cm³/mol. The first kappa shape index (κ1) is 9.14. The van der Waals surface area contributed by atoms with E-state index in [0.717, 1.165) is 5.71 Å². The van der Waals surface area contributed by atoms with Gasteiger partial charge in [0.05, 0.1) is 0 Å². The van der Waals surface area contributed by atoms with E-state index < -0.39 is 0 Å². The summed E-state index contributed by atoms with van der Waals surface area (Å²) in [6.07, 6.45) is 0. The Hall–Kier alpha value is -0.860. The highest BCUT2D eigenvalue weighted by molar-refractivity contribution is 5.85. The number of hydrazone groups is 1. The smallest absolute Gasteiger partial charge is 0.236 e. The third-order valence-corrected chi connectivity index (χ3v) is 1.23. The van der Waals surface area contributed by atoms with Gasteiger partial charge in [-0.25, -0.2) is 5.43 Å². The molecule has 0 aromatic heterocycles. The zero-order valence-corrected chi connectivity index (χ0v) is 6.93. The molecule has 0 rings (SSSR count). The molecule has 3 nitrogen and oxygen atoms in total. The Balaban J connectivity index is 3.80. The number of hydrogen-bond donors (Lipinski definition) is 1. The predicted octanol–water partition coefficient (Wildman–Crippen LogP) is 1.15. The number of rotatable bonds is 2. The van der Waals surface area contributed by atoms with Crippen molar-refractivity contribution >= 4 is 11.6 Å². The Morgan fingerprint density at radius 2 is 1.90 bits per heavy atom. The summed E-state index contributed by atoms with van der Waals surface area (Å²) in [5, 5.41) is 3.84. The van der Waals surface area contributed by atoms with Gasteiger partial charge in [0.1, 0.15) is 0 Å². The first-order valence-corrected chi connectivity index (χ1v) is 3.34. The molecule has 0 heterocycles. The molecule has 0 spiro atoms. The van der Waals surface area contributed by atoms with Gasteiger partial charge in [0.15, 0.2) is 0 Å². The van der Waals surface area contributed by atoms with Crippen molar-refractivity contribution in [3.05, 3.63) is 0 Å². The largest absolute Gasteiger partial charge is 0.274 e. The van der Waals surface area contributed by atoms with Crippen LogP contribution in [0.25, 0.3) is 0 Å². The third kappa shape index (κ3) is 4.06. The molecule has 1 N–H and O–H groups in total. The lowest BCUT2D eigenvalue weighted by Crippen LogP contribution is -2.16. The highest BCUT2D eigenvalue weighted by atomic mass is 16.2. The van der Waals surface area contributed by atoms with E-state index in [0.29, 0.717) is 5.92 Å². The zero-order chi connectivity index (χ0) is 8.15. The number of hydrogen-bond acceptors (Lipinski definition) is 2. The van der Waals surface area contributed by atoms with Crippen LogP contribution >= 0.6 is 0 Å². The fourth-order valence-electron chi connectivity index (χ4n) is 0.296. The average Bonchev–Trinajstić information content (AvgIpc) is 1.82. The van der Waals surface area contributed by atoms with Crippen LogP contribution in [0.5, 0.6) is 0 Å². The molecule has 0 radical (unpaired) electrons. The number of carbonyl (C=O) groups excluding carboxylic acids is 1. The number of nitrogens with one attached hydrogen (secondary N) is 1. The first-order chi connectivity index (χ1) is 4.54. The normalized spacial score (nSPS) is 11.9. The van der Waals surface area contributed by atoms with Crippen LogP contribution in [0.1, 0.15) is 27.7 Å². The maximum absolute atomic E-state index is 10.4. The summed E-state index contributed by atoms with van der Waals surface area (Å²) in [5.41, 5.74) is 3.32. The maximum Gasteiger partial charge on any atom is 0.236 e. The monoisotopic (exact) mass is 142 g/mol. The van der Waals surface area contributed by atoms with Crippen molar-refractivity contribution in [2.24, 2.45) is 11.0 Å². The highest BCUT2D eigenvalue weighted by Gasteiger charge is 1.96. The van der Waals surface area contributed by atoms with E-state index >= 15 is 0 Å². The summed E-state index contributed by atoms with van der Waals surface area (Å²) in [5.74, 6) is 0.270. The number of nitrogens with zero attached hydrogens (tertiary/aromatic N) is 1. The van der Waals surface area contributed by atoms with Crippen LogP contribution in [0.2, 0.25) is 0 Å². The molecule has 1 amide bonds. The SMILES string of the molecule is CC(=O)N/N=C(/C)C(C)C. The molecular weight excluding hydrogens is 128 g/mol. The molecule has 0 aliphatic heterocycles. The third-order valence-electron chi connectivity index (χ3n) is 1.23. The van der Waals surface area contributed by atoms with Crippen molar-refractivity contribution in [2.45, 2.75) is 27.7 Å². The molecule has 0 bridgehead atoms. The molecule has 0 aliphatic rings. The van der Waals surface area contributed by atoms with Gasteiger partial charge >= 0.3 is 0 Å². The topological polar surface area (TPSA) is 41.5 Å². The van der Waals surface area contributed by atoms with Crippen molar-refractivity contribution in [1.82, 2.24) is 5.43 Å². The summed E-state index contributed by atoms with van der Waals surface area (Å²) in [6, 6.07) is 0. The van der Waals surface area contributed by atoms with E-state index in [2.05, 4.69) is 10.5 Å². The van der Waals surface area contributed by atoms with Gasteiger partial charge in [0, 0.05) is 12.6 Å². The van der Waals surface area contributed by atoms with Crippen molar-refractivity contribution in [2.75, 3.05) is 0 Å². The molecule has 0 unspecified atom stereocenters. The Morgan fingerprint density at radius 3 is 2.20 bits per heavy atom. The second-order valence-electron chi connectivity index (χ2n) is 2.58. The van der Waals surface area contributed by atoms with Crippen LogP contribution in [0.4, 0.5) is 0 Å². The van der Waals surface area contributed by atoms with Gasteiger partial charge in [0.25, 0.3) is 0 Å². The Morgan fingerprint density at radius 1 is 1.40 bits per heavy atom. The number of carbonyl (C=O) groups is 1. The van der Waals surface area contributed by atoms with Crippen LogP contribution in [0, 0.1) is 5.92 Å². The second-order valence-corrected chi connectivity index (χ2v) is 2.58. The maximum atomic E-state index is 10.4. The van der Waals surface area contributed by atoms with Crippen LogP contribution in [-0.2, 0) is 4.79 Å². The van der Waals surface area contributed by atoms with E-state index in [4.69, 9.17) is 0 Å². The van der Waals surface area contributed by atoms with Gasteiger partial charge in [-0.3, -0.25) is 4.79 Å². The molecule has 0 aliphatic carbocycles. The summed E-state index contributed by atoms with van der Waals surface area (Å²) >= 11 is 0. The molecule has 0 aromatic carbocycles. The van der Waals surface area contributed by atoms with Gasteiger partial charge in [-0.2, -0.15) is 5.10 Å². The van der Waals surface area contributed by atoms with Gasteiger partial charge in [0.2, 0.25) is 5.91 Å².